The zero-order valence-corrected chi connectivity index (χ0v) is 16.6. The summed E-state index contributed by atoms with van der Waals surface area (Å²) in [5, 5.41) is 12.2. The van der Waals surface area contributed by atoms with Gasteiger partial charge in [-0.3, -0.25) is 4.98 Å². The van der Waals surface area contributed by atoms with Gasteiger partial charge in [-0.1, -0.05) is 6.07 Å². The number of rotatable bonds is 3. The largest absolute Gasteiger partial charge is 0.433 e. The summed E-state index contributed by atoms with van der Waals surface area (Å²) >= 11 is 0. The number of halogens is 3. The quantitative estimate of drug-likeness (QED) is 0.724. The van der Waals surface area contributed by atoms with Crippen LogP contribution in [0.2, 0.25) is 0 Å². The van der Waals surface area contributed by atoms with E-state index in [-0.39, 0.29) is 6.54 Å². The molecule has 1 unspecified atom stereocenters. The highest BCUT2D eigenvalue weighted by Gasteiger charge is 2.34. The zero-order valence-electron chi connectivity index (χ0n) is 16.6. The van der Waals surface area contributed by atoms with Crippen LogP contribution in [-0.2, 0) is 31.3 Å². The van der Waals surface area contributed by atoms with E-state index in [0.29, 0.717) is 5.56 Å². The maximum atomic E-state index is 12.8. The van der Waals surface area contributed by atoms with Crippen molar-refractivity contribution in [2.24, 2.45) is 0 Å². The van der Waals surface area contributed by atoms with E-state index in [0.717, 1.165) is 54.1 Å². The van der Waals surface area contributed by atoms with Gasteiger partial charge in [0.25, 0.3) is 0 Å². The average molecular weight is 404 g/mol. The Hall–Kier alpha value is -2.45. The minimum atomic E-state index is -4.51. The smallest absolute Gasteiger partial charge is 0.384 e. The van der Waals surface area contributed by atoms with Crippen LogP contribution in [-0.4, -0.2) is 38.1 Å². The molecule has 3 aromatic heterocycles. The fourth-order valence-electron chi connectivity index (χ4n) is 4.00. The molecule has 1 aliphatic heterocycles. The van der Waals surface area contributed by atoms with Gasteiger partial charge in [-0.05, 0) is 44.2 Å². The van der Waals surface area contributed by atoms with E-state index in [4.69, 9.17) is 0 Å². The molecule has 5 nitrogen and oxygen atoms in total. The van der Waals surface area contributed by atoms with Gasteiger partial charge in [-0.25, -0.2) is 4.98 Å². The summed E-state index contributed by atoms with van der Waals surface area (Å²) in [4.78, 5) is 10.3. The van der Waals surface area contributed by atoms with E-state index in [2.05, 4.69) is 28.0 Å². The van der Waals surface area contributed by atoms with E-state index in [1.54, 1.807) is 13.1 Å². The maximum Gasteiger partial charge on any atom is 0.433 e. The summed E-state index contributed by atoms with van der Waals surface area (Å²) in [5.41, 5.74) is 2.14. The molecule has 0 fully saturated rings. The van der Waals surface area contributed by atoms with Crippen molar-refractivity contribution in [3.8, 4) is 0 Å². The van der Waals surface area contributed by atoms with Crippen molar-refractivity contribution >= 4 is 11.0 Å². The second-order valence-electron chi connectivity index (χ2n) is 8.09. The summed E-state index contributed by atoms with van der Waals surface area (Å²) in [5.74, 6) is 0. The first-order chi connectivity index (χ1) is 13.6. The van der Waals surface area contributed by atoms with Gasteiger partial charge in [0.05, 0.1) is 6.54 Å². The van der Waals surface area contributed by atoms with Crippen molar-refractivity contribution in [1.29, 1.82) is 0 Å². The normalized spacial score (nSPS) is 17.3. The SMILES string of the molecule is Cc1cnc2c(c1)c1c(n2CC(C)(O)c2ccc(C(F)(F)F)nc2)CCN(C)C1. The molecular formula is C21H23F3N4O. The summed E-state index contributed by atoms with van der Waals surface area (Å²) in [6, 6.07) is 4.30. The number of aryl methyl sites for hydroxylation is 1. The molecule has 3 aromatic rings. The Morgan fingerprint density at radius 1 is 1.17 bits per heavy atom. The highest BCUT2D eigenvalue weighted by Crippen LogP contribution is 2.34. The van der Waals surface area contributed by atoms with Gasteiger partial charge in [0.15, 0.2) is 0 Å². The van der Waals surface area contributed by atoms with Gasteiger partial charge in [0.1, 0.15) is 16.9 Å². The second kappa shape index (κ2) is 6.81. The molecule has 0 bridgehead atoms. The van der Waals surface area contributed by atoms with Gasteiger partial charge in [0.2, 0.25) is 0 Å². The Morgan fingerprint density at radius 3 is 2.59 bits per heavy atom. The number of aliphatic hydroxyl groups is 1. The molecule has 1 aliphatic rings. The molecule has 4 heterocycles. The van der Waals surface area contributed by atoms with Crippen molar-refractivity contribution in [2.75, 3.05) is 13.6 Å². The lowest BCUT2D eigenvalue weighted by atomic mass is 9.97. The third kappa shape index (κ3) is 3.62. The van der Waals surface area contributed by atoms with Crippen molar-refractivity contribution < 1.29 is 18.3 Å². The molecule has 1 atom stereocenters. The summed E-state index contributed by atoms with van der Waals surface area (Å²) < 4.78 is 40.4. The molecule has 4 rings (SSSR count). The molecule has 0 aliphatic carbocycles. The summed E-state index contributed by atoms with van der Waals surface area (Å²) in [6.07, 6.45) is -0.787. The lowest BCUT2D eigenvalue weighted by Gasteiger charge is -2.28. The number of nitrogens with zero attached hydrogens (tertiary/aromatic N) is 4. The van der Waals surface area contributed by atoms with Crippen molar-refractivity contribution in [3.05, 3.63) is 58.7 Å². The number of alkyl halides is 3. The van der Waals surface area contributed by atoms with Crippen LogP contribution in [0.25, 0.3) is 11.0 Å². The topological polar surface area (TPSA) is 54.2 Å². The monoisotopic (exact) mass is 404 g/mol. The predicted molar refractivity (Wildman–Crippen MR) is 103 cm³/mol. The molecular weight excluding hydrogens is 381 g/mol. The van der Waals surface area contributed by atoms with Crippen molar-refractivity contribution in [2.45, 2.75) is 45.1 Å². The zero-order chi connectivity index (χ0) is 21.0. The van der Waals surface area contributed by atoms with Crippen LogP contribution in [0.15, 0.2) is 30.6 Å². The van der Waals surface area contributed by atoms with E-state index in [9.17, 15) is 18.3 Å². The van der Waals surface area contributed by atoms with Crippen LogP contribution in [0.1, 0.15) is 35.0 Å². The minimum absolute atomic E-state index is 0.186. The summed E-state index contributed by atoms with van der Waals surface area (Å²) in [7, 11) is 2.07. The number of fused-ring (bicyclic) bond motifs is 3. The Balaban J connectivity index is 1.75. The standard InChI is InChI=1S/C21H23F3N4O/c1-13-8-15-16-11-27(3)7-6-17(16)28(19(15)26-9-13)12-20(2,29)14-4-5-18(25-10-14)21(22,23)24/h4-5,8-10,29H,6-7,11-12H2,1-3H3. The van der Waals surface area contributed by atoms with Crippen LogP contribution in [0.5, 0.6) is 0 Å². The highest BCUT2D eigenvalue weighted by atomic mass is 19.4. The van der Waals surface area contributed by atoms with Gasteiger partial charge >= 0.3 is 6.18 Å². The van der Waals surface area contributed by atoms with E-state index >= 15 is 0 Å². The van der Waals surface area contributed by atoms with Gasteiger partial charge in [-0.2, -0.15) is 13.2 Å². The molecule has 0 amide bonds. The van der Waals surface area contributed by atoms with Crippen molar-refractivity contribution in [1.82, 2.24) is 19.4 Å². The molecule has 8 heteroatoms. The van der Waals surface area contributed by atoms with Crippen LogP contribution < -0.4 is 0 Å². The lowest BCUT2D eigenvalue weighted by molar-refractivity contribution is -0.141. The Bertz CT molecular complexity index is 1050. The second-order valence-corrected chi connectivity index (χ2v) is 8.09. The highest BCUT2D eigenvalue weighted by molar-refractivity contribution is 5.83. The van der Waals surface area contributed by atoms with E-state index < -0.39 is 17.5 Å². The molecule has 1 N–H and O–H groups in total. The summed E-state index contributed by atoms with van der Waals surface area (Å²) in [6.45, 7) is 5.47. The third-order valence-electron chi connectivity index (χ3n) is 5.56. The van der Waals surface area contributed by atoms with Crippen molar-refractivity contribution in [3.63, 3.8) is 0 Å². The molecule has 154 valence electrons. The Morgan fingerprint density at radius 2 is 1.93 bits per heavy atom. The number of hydrogen-bond donors (Lipinski definition) is 1. The first kappa shape index (κ1) is 19.8. The molecule has 0 radical (unpaired) electrons. The van der Waals surface area contributed by atoms with Gasteiger partial charge in [0, 0.05) is 48.5 Å². The average Bonchev–Trinajstić information content (AvgIpc) is 2.93. The third-order valence-corrected chi connectivity index (χ3v) is 5.56. The fourth-order valence-corrected chi connectivity index (χ4v) is 4.00. The van der Waals surface area contributed by atoms with E-state index in [1.165, 1.54) is 11.6 Å². The molecule has 0 aromatic carbocycles. The molecule has 0 saturated carbocycles. The number of hydrogen-bond acceptors (Lipinski definition) is 4. The first-order valence-electron chi connectivity index (χ1n) is 9.47. The first-order valence-corrected chi connectivity index (χ1v) is 9.47. The van der Waals surface area contributed by atoms with Crippen LogP contribution in [0.4, 0.5) is 13.2 Å². The number of aromatic nitrogens is 3. The fraction of sp³-hybridized carbons (Fsp3) is 0.429. The lowest BCUT2D eigenvalue weighted by Crippen LogP contribution is -2.32. The predicted octanol–water partition coefficient (Wildman–Crippen LogP) is 3.65. The molecule has 0 spiro atoms. The molecule has 29 heavy (non-hydrogen) atoms. The molecule has 0 saturated heterocycles. The minimum Gasteiger partial charge on any atom is -0.384 e. The Labute approximate surface area is 166 Å². The number of pyridine rings is 2. The van der Waals surface area contributed by atoms with Crippen LogP contribution >= 0.6 is 0 Å². The Kier molecular flexibility index (Phi) is 4.66. The van der Waals surface area contributed by atoms with E-state index in [1.807, 2.05) is 11.5 Å². The number of likely N-dealkylation sites (N-methyl/N-ethyl adjacent to an activating group) is 1. The van der Waals surface area contributed by atoms with Gasteiger partial charge < -0.3 is 14.6 Å². The van der Waals surface area contributed by atoms with Crippen LogP contribution in [0.3, 0.4) is 0 Å². The van der Waals surface area contributed by atoms with Gasteiger partial charge in [-0.15, -0.1) is 0 Å². The maximum absolute atomic E-state index is 12.8. The van der Waals surface area contributed by atoms with Crippen LogP contribution in [0, 0.1) is 6.92 Å².